The molecule has 1 heterocycles. The van der Waals surface area contributed by atoms with Gasteiger partial charge in [0.1, 0.15) is 5.82 Å². The summed E-state index contributed by atoms with van der Waals surface area (Å²) >= 11 is 0. The van der Waals surface area contributed by atoms with Crippen molar-refractivity contribution < 1.29 is 13.9 Å². The molecule has 1 saturated heterocycles. The zero-order valence-corrected chi connectivity index (χ0v) is 14.0. The molecule has 2 aliphatic carbocycles. The fourth-order valence-corrected chi connectivity index (χ4v) is 5.07. The van der Waals surface area contributed by atoms with Gasteiger partial charge in [0.2, 0.25) is 5.91 Å². The standard InChI is InChI=1S/C20H26FNO2/c21-15-7-3-4-13(12-15)8-9-17(23)22-19-16-10-11-24-20(16)18(19)14-5-1-2-6-14/h3-4,7,12,14,16,18-20H,1-2,5-6,8-11H2,(H,22,23)/t16-,18+,19+,20-/m1/s1. The molecule has 2 saturated carbocycles. The molecule has 0 unspecified atom stereocenters. The van der Waals surface area contributed by atoms with E-state index in [9.17, 15) is 9.18 Å². The molecule has 4 heteroatoms. The van der Waals surface area contributed by atoms with E-state index in [0.717, 1.165) is 24.5 Å². The molecule has 4 rings (SSSR count). The second-order valence-corrected chi connectivity index (χ2v) is 7.63. The van der Waals surface area contributed by atoms with Crippen LogP contribution in [0.1, 0.15) is 44.1 Å². The first-order chi connectivity index (χ1) is 11.7. The van der Waals surface area contributed by atoms with Gasteiger partial charge in [0.05, 0.1) is 6.10 Å². The van der Waals surface area contributed by atoms with Gasteiger partial charge in [-0.15, -0.1) is 0 Å². The van der Waals surface area contributed by atoms with Crippen LogP contribution in [0.5, 0.6) is 0 Å². The molecule has 24 heavy (non-hydrogen) atoms. The van der Waals surface area contributed by atoms with Crippen molar-refractivity contribution in [2.75, 3.05) is 6.61 Å². The zero-order valence-electron chi connectivity index (χ0n) is 14.0. The fraction of sp³-hybridized carbons (Fsp3) is 0.650. The Balaban J connectivity index is 1.34. The number of aryl methyl sites for hydroxylation is 1. The van der Waals surface area contributed by atoms with Crippen molar-refractivity contribution in [3.63, 3.8) is 0 Å². The average molecular weight is 331 g/mol. The van der Waals surface area contributed by atoms with E-state index in [-0.39, 0.29) is 11.7 Å². The third-order valence-corrected chi connectivity index (χ3v) is 6.24. The van der Waals surface area contributed by atoms with E-state index in [4.69, 9.17) is 4.74 Å². The smallest absolute Gasteiger partial charge is 0.220 e. The maximum absolute atomic E-state index is 13.2. The molecule has 1 aliphatic heterocycles. The summed E-state index contributed by atoms with van der Waals surface area (Å²) in [6.45, 7) is 0.841. The molecule has 0 aromatic heterocycles. The minimum atomic E-state index is -0.237. The Labute approximate surface area is 143 Å². The van der Waals surface area contributed by atoms with Crippen molar-refractivity contribution >= 4 is 5.91 Å². The number of benzene rings is 1. The summed E-state index contributed by atoms with van der Waals surface area (Å²) in [7, 11) is 0. The Hall–Kier alpha value is -1.42. The van der Waals surface area contributed by atoms with Gasteiger partial charge in [-0.1, -0.05) is 37.8 Å². The molecule has 1 N–H and O–H groups in total. The van der Waals surface area contributed by atoms with E-state index < -0.39 is 0 Å². The van der Waals surface area contributed by atoms with E-state index in [1.807, 2.05) is 6.07 Å². The lowest BCUT2D eigenvalue weighted by Crippen LogP contribution is -2.63. The summed E-state index contributed by atoms with van der Waals surface area (Å²) in [5, 5.41) is 3.29. The molecule has 3 nitrogen and oxygen atoms in total. The third kappa shape index (κ3) is 3.08. The first-order valence-corrected chi connectivity index (χ1v) is 9.38. The van der Waals surface area contributed by atoms with Crippen LogP contribution in [0.25, 0.3) is 0 Å². The molecule has 1 amide bonds. The maximum Gasteiger partial charge on any atom is 0.220 e. The highest BCUT2D eigenvalue weighted by atomic mass is 19.1. The Morgan fingerprint density at radius 3 is 2.88 bits per heavy atom. The van der Waals surface area contributed by atoms with E-state index in [2.05, 4.69) is 5.32 Å². The number of carbonyl (C=O) groups is 1. The van der Waals surface area contributed by atoms with Crippen LogP contribution in [-0.2, 0) is 16.0 Å². The van der Waals surface area contributed by atoms with Gasteiger partial charge in [0.15, 0.2) is 0 Å². The van der Waals surface area contributed by atoms with Crippen molar-refractivity contribution in [1.29, 1.82) is 0 Å². The average Bonchev–Trinajstić information content (AvgIpc) is 3.22. The Kier molecular flexibility index (Phi) is 4.57. The molecule has 3 fully saturated rings. The van der Waals surface area contributed by atoms with E-state index in [1.54, 1.807) is 6.07 Å². The molecule has 1 aromatic carbocycles. The van der Waals surface area contributed by atoms with E-state index in [0.29, 0.717) is 36.8 Å². The molecule has 1 aromatic rings. The van der Waals surface area contributed by atoms with Crippen LogP contribution in [0, 0.1) is 23.6 Å². The van der Waals surface area contributed by atoms with Crippen molar-refractivity contribution in [3.8, 4) is 0 Å². The van der Waals surface area contributed by atoms with Gasteiger partial charge in [0, 0.05) is 30.9 Å². The van der Waals surface area contributed by atoms with Gasteiger partial charge in [-0.3, -0.25) is 4.79 Å². The predicted molar refractivity (Wildman–Crippen MR) is 89.9 cm³/mol. The van der Waals surface area contributed by atoms with Crippen molar-refractivity contribution in [2.24, 2.45) is 17.8 Å². The Morgan fingerprint density at radius 1 is 1.25 bits per heavy atom. The highest BCUT2D eigenvalue weighted by Gasteiger charge is 2.56. The zero-order chi connectivity index (χ0) is 16.5. The molecule has 0 radical (unpaired) electrons. The third-order valence-electron chi connectivity index (χ3n) is 6.24. The van der Waals surface area contributed by atoms with Gasteiger partial charge in [-0.25, -0.2) is 4.39 Å². The molecule has 0 bridgehead atoms. The van der Waals surface area contributed by atoms with Gasteiger partial charge in [-0.2, -0.15) is 0 Å². The minimum Gasteiger partial charge on any atom is -0.377 e. The number of rotatable bonds is 5. The molecular formula is C20H26FNO2. The normalized spacial score (nSPS) is 32.4. The van der Waals surface area contributed by atoms with Gasteiger partial charge >= 0.3 is 0 Å². The number of ether oxygens (including phenoxy) is 1. The number of hydrogen-bond acceptors (Lipinski definition) is 2. The Bertz CT molecular complexity index is 594. The lowest BCUT2D eigenvalue weighted by molar-refractivity contribution is -0.129. The highest BCUT2D eigenvalue weighted by Crippen LogP contribution is 2.51. The summed E-state index contributed by atoms with van der Waals surface area (Å²) in [5.41, 5.74) is 0.883. The van der Waals surface area contributed by atoms with Gasteiger partial charge in [-0.05, 0) is 36.5 Å². The van der Waals surface area contributed by atoms with Crippen LogP contribution in [0.15, 0.2) is 24.3 Å². The molecule has 4 atom stereocenters. The topological polar surface area (TPSA) is 38.3 Å². The number of fused-ring (bicyclic) bond motifs is 1. The first kappa shape index (κ1) is 16.1. The number of halogens is 1. The summed E-state index contributed by atoms with van der Waals surface area (Å²) in [4.78, 5) is 12.4. The first-order valence-electron chi connectivity index (χ1n) is 9.38. The Morgan fingerprint density at radius 2 is 2.08 bits per heavy atom. The number of amides is 1. The molecule has 0 spiro atoms. The van der Waals surface area contributed by atoms with E-state index in [1.165, 1.54) is 37.8 Å². The summed E-state index contributed by atoms with van der Waals surface area (Å²) < 4.78 is 19.2. The van der Waals surface area contributed by atoms with Crippen molar-refractivity contribution in [3.05, 3.63) is 35.6 Å². The minimum absolute atomic E-state index is 0.0950. The number of nitrogens with one attached hydrogen (secondary N) is 1. The van der Waals surface area contributed by atoms with Crippen molar-refractivity contribution in [1.82, 2.24) is 5.32 Å². The molecular weight excluding hydrogens is 305 g/mol. The lowest BCUT2D eigenvalue weighted by Gasteiger charge is -2.50. The predicted octanol–water partition coefficient (Wildman–Crippen LogP) is 3.47. The van der Waals surface area contributed by atoms with Crippen molar-refractivity contribution in [2.45, 2.75) is 57.1 Å². The monoisotopic (exact) mass is 331 g/mol. The largest absolute Gasteiger partial charge is 0.377 e. The van der Waals surface area contributed by atoms with Crippen LogP contribution >= 0.6 is 0 Å². The molecule has 130 valence electrons. The highest BCUT2D eigenvalue weighted by molar-refractivity contribution is 5.76. The van der Waals surface area contributed by atoms with Crippen LogP contribution in [-0.4, -0.2) is 24.7 Å². The number of hydrogen-bond donors (Lipinski definition) is 1. The summed E-state index contributed by atoms with van der Waals surface area (Å²) in [6.07, 6.45) is 7.67. The number of carbonyl (C=O) groups excluding carboxylic acids is 1. The van der Waals surface area contributed by atoms with Crippen LogP contribution in [0.4, 0.5) is 4.39 Å². The quantitative estimate of drug-likeness (QED) is 0.897. The van der Waals surface area contributed by atoms with Crippen LogP contribution in [0.3, 0.4) is 0 Å². The fourth-order valence-electron chi connectivity index (χ4n) is 5.07. The summed E-state index contributed by atoms with van der Waals surface area (Å²) in [6, 6.07) is 6.82. The van der Waals surface area contributed by atoms with Gasteiger partial charge in [0.25, 0.3) is 0 Å². The second-order valence-electron chi connectivity index (χ2n) is 7.63. The van der Waals surface area contributed by atoms with E-state index >= 15 is 0 Å². The van der Waals surface area contributed by atoms with Crippen LogP contribution < -0.4 is 5.32 Å². The van der Waals surface area contributed by atoms with Crippen LogP contribution in [0.2, 0.25) is 0 Å². The SMILES string of the molecule is O=C(CCc1cccc(F)c1)N[C@H]1[C@H]2CCO[C@H]2[C@H]1C1CCCC1. The maximum atomic E-state index is 13.2. The van der Waals surface area contributed by atoms with Gasteiger partial charge < -0.3 is 10.1 Å². The lowest BCUT2D eigenvalue weighted by atomic mass is 9.61. The summed E-state index contributed by atoms with van der Waals surface area (Å²) in [5.74, 6) is 1.60. The molecule has 3 aliphatic rings. The second kappa shape index (κ2) is 6.83.